The van der Waals surface area contributed by atoms with Gasteiger partial charge >= 0.3 is 0 Å². The standard InChI is InChI=1S/C15H24BrNO2S/c1-2-3-4-5-6-7-12-17-20(18,19)15-10-8-14(13-16)9-11-15/h8-11,17H,2-7,12-13H2,1H3. The molecule has 1 N–H and O–H groups in total. The summed E-state index contributed by atoms with van der Waals surface area (Å²) in [5, 5.41) is 0.735. The van der Waals surface area contributed by atoms with Crippen molar-refractivity contribution in [3.8, 4) is 0 Å². The molecule has 3 nitrogen and oxygen atoms in total. The number of alkyl halides is 1. The van der Waals surface area contributed by atoms with Crippen molar-refractivity contribution in [2.75, 3.05) is 6.54 Å². The van der Waals surface area contributed by atoms with Gasteiger partial charge in [-0.2, -0.15) is 0 Å². The van der Waals surface area contributed by atoms with Crippen LogP contribution in [0.25, 0.3) is 0 Å². The fourth-order valence-corrected chi connectivity index (χ4v) is 3.40. The molecule has 0 saturated carbocycles. The summed E-state index contributed by atoms with van der Waals surface area (Å²) in [6, 6.07) is 6.96. The topological polar surface area (TPSA) is 46.2 Å². The van der Waals surface area contributed by atoms with E-state index in [0.717, 1.165) is 23.7 Å². The number of sulfonamides is 1. The maximum absolute atomic E-state index is 12.0. The molecule has 0 aromatic heterocycles. The second kappa shape index (κ2) is 9.53. The second-order valence-electron chi connectivity index (χ2n) is 4.94. The Hall–Kier alpha value is -0.390. The van der Waals surface area contributed by atoms with Crippen molar-refractivity contribution in [2.45, 2.75) is 55.7 Å². The van der Waals surface area contributed by atoms with E-state index >= 15 is 0 Å². The van der Waals surface area contributed by atoms with Gasteiger partial charge in [-0.05, 0) is 24.1 Å². The molecule has 0 heterocycles. The molecule has 1 aromatic carbocycles. The SMILES string of the molecule is CCCCCCCCNS(=O)(=O)c1ccc(CBr)cc1. The molecule has 0 spiro atoms. The van der Waals surface area contributed by atoms with E-state index in [1.807, 2.05) is 12.1 Å². The largest absolute Gasteiger partial charge is 0.240 e. The Morgan fingerprint density at radius 3 is 2.20 bits per heavy atom. The smallest absolute Gasteiger partial charge is 0.211 e. The Labute approximate surface area is 131 Å². The molecule has 0 saturated heterocycles. The predicted octanol–water partition coefficient (Wildman–Crippen LogP) is 4.22. The van der Waals surface area contributed by atoms with Crippen LogP contribution in [0.2, 0.25) is 0 Å². The summed E-state index contributed by atoms with van der Waals surface area (Å²) < 4.78 is 26.8. The molecule has 0 radical (unpaired) electrons. The lowest BCUT2D eigenvalue weighted by Gasteiger charge is -2.07. The van der Waals surface area contributed by atoms with Crippen molar-refractivity contribution in [3.05, 3.63) is 29.8 Å². The second-order valence-corrected chi connectivity index (χ2v) is 7.27. The Morgan fingerprint density at radius 1 is 1.00 bits per heavy atom. The number of hydrogen-bond acceptors (Lipinski definition) is 2. The molecule has 0 bridgehead atoms. The monoisotopic (exact) mass is 361 g/mol. The fourth-order valence-electron chi connectivity index (χ4n) is 1.95. The summed E-state index contributed by atoms with van der Waals surface area (Å²) in [7, 11) is -3.35. The zero-order valence-corrected chi connectivity index (χ0v) is 14.5. The molecule has 0 atom stereocenters. The zero-order valence-electron chi connectivity index (χ0n) is 12.1. The first kappa shape index (κ1) is 17.7. The average Bonchev–Trinajstić information content (AvgIpc) is 2.46. The van der Waals surface area contributed by atoms with E-state index in [4.69, 9.17) is 0 Å². The third kappa shape index (κ3) is 6.37. The third-order valence-electron chi connectivity index (χ3n) is 3.21. The Bertz CT molecular complexity index is 471. The van der Waals surface area contributed by atoms with E-state index < -0.39 is 10.0 Å². The molecule has 0 unspecified atom stereocenters. The molecule has 0 amide bonds. The average molecular weight is 362 g/mol. The Kier molecular flexibility index (Phi) is 8.41. The minimum atomic E-state index is -3.35. The normalized spacial score (nSPS) is 11.7. The lowest BCUT2D eigenvalue weighted by molar-refractivity contribution is 0.567. The molecule has 5 heteroatoms. The quantitative estimate of drug-likeness (QED) is 0.500. The first-order valence-electron chi connectivity index (χ1n) is 7.24. The van der Waals surface area contributed by atoms with Crippen LogP contribution >= 0.6 is 15.9 Å². The van der Waals surface area contributed by atoms with E-state index in [-0.39, 0.29) is 0 Å². The summed E-state index contributed by atoms with van der Waals surface area (Å²) in [6.07, 6.45) is 6.93. The predicted molar refractivity (Wildman–Crippen MR) is 87.6 cm³/mol. The minimum Gasteiger partial charge on any atom is -0.211 e. The maximum atomic E-state index is 12.0. The van der Waals surface area contributed by atoms with E-state index in [1.54, 1.807) is 12.1 Å². The fraction of sp³-hybridized carbons (Fsp3) is 0.600. The Balaban J connectivity index is 2.33. The van der Waals surface area contributed by atoms with Crippen molar-refractivity contribution >= 4 is 26.0 Å². The molecule has 0 aliphatic heterocycles. The lowest BCUT2D eigenvalue weighted by atomic mass is 10.1. The van der Waals surface area contributed by atoms with Gasteiger partial charge in [0.1, 0.15) is 0 Å². The highest BCUT2D eigenvalue weighted by Gasteiger charge is 2.12. The van der Waals surface area contributed by atoms with Gasteiger partial charge in [0, 0.05) is 11.9 Å². The molecule has 114 valence electrons. The van der Waals surface area contributed by atoms with Gasteiger partial charge in [-0.3, -0.25) is 0 Å². The number of rotatable bonds is 10. The van der Waals surface area contributed by atoms with Gasteiger partial charge < -0.3 is 0 Å². The number of unbranched alkanes of at least 4 members (excludes halogenated alkanes) is 5. The molecule has 20 heavy (non-hydrogen) atoms. The highest BCUT2D eigenvalue weighted by molar-refractivity contribution is 9.08. The Morgan fingerprint density at radius 2 is 1.60 bits per heavy atom. The summed E-state index contributed by atoms with van der Waals surface area (Å²) in [5.74, 6) is 0. The van der Waals surface area contributed by atoms with Gasteiger partial charge in [0.05, 0.1) is 4.90 Å². The molecule has 0 aliphatic carbocycles. The molecule has 1 aromatic rings. The van der Waals surface area contributed by atoms with Gasteiger partial charge in [-0.1, -0.05) is 67.1 Å². The van der Waals surface area contributed by atoms with Gasteiger partial charge in [0.2, 0.25) is 10.0 Å². The summed E-state index contributed by atoms with van der Waals surface area (Å²) in [6.45, 7) is 2.71. The summed E-state index contributed by atoms with van der Waals surface area (Å²) in [4.78, 5) is 0.341. The van der Waals surface area contributed by atoms with E-state index in [9.17, 15) is 8.42 Å². The van der Waals surface area contributed by atoms with Gasteiger partial charge in [0.25, 0.3) is 0 Å². The van der Waals surface area contributed by atoms with Crippen LogP contribution in [0.15, 0.2) is 29.2 Å². The third-order valence-corrected chi connectivity index (χ3v) is 5.33. The van der Waals surface area contributed by atoms with Crippen molar-refractivity contribution in [1.82, 2.24) is 4.72 Å². The van der Waals surface area contributed by atoms with Crippen LogP contribution in [0.1, 0.15) is 51.0 Å². The van der Waals surface area contributed by atoms with Crippen LogP contribution in [0.4, 0.5) is 0 Å². The van der Waals surface area contributed by atoms with Crippen LogP contribution in [0.5, 0.6) is 0 Å². The number of halogens is 1. The first-order valence-corrected chi connectivity index (χ1v) is 9.85. The number of nitrogens with one attached hydrogen (secondary N) is 1. The van der Waals surface area contributed by atoms with E-state index in [1.165, 1.54) is 25.7 Å². The van der Waals surface area contributed by atoms with Gasteiger partial charge in [0.15, 0.2) is 0 Å². The van der Waals surface area contributed by atoms with Gasteiger partial charge in [-0.15, -0.1) is 0 Å². The van der Waals surface area contributed by atoms with E-state index in [0.29, 0.717) is 11.4 Å². The minimum absolute atomic E-state index is 0.341. The molecule has 0 fully saturated rings. The maximum Gasteiger partial charge on any atom is 0.240 e. The highest BCUT2D eigenvalue weighted by atomic mass is 79.9. The molecule has 0 aliphatic rings. The first-order chi connectivity index (χ1) is 9.60. The van der Waals surface area contributed by atoms with Gasteiger partial charge in [-0.25, -0.2) is 13.1 Å². The van der Waals surface area contributed by atoms with Crippen LogP contribution < -0.4 is 4.72 Å². The van der Waals surface area contributed by atoms with Crippen LogP contribution in [-0.2, 0) is 15.4 Å². The highest BCUT2D eigenvalue weighted by Crippen LogP contribution is 2.12. The zero-order chi connectivity index (χ0) is 14.8. The van der Waals surface area contributed by atoms with E-state index in [2.05, 4.69) is 27.6 Å². The van der Waals surface area contributed by atoms with Crippen molar-refractivity contribution in [1.29, 1.82) is 0 Å². The van der Waals surface area contributed by atoms with Crippen molar-refractivity contribution in [2.24, 2.45) is 0 Å². The molecular weight excluding hydrogens is 338 g/mol. The van der Waals surface area contributed by atoms with Crippen LogP contribution in [0.3, 0.4) is 0 Å². The lowest BCUT2D eigenvalue weighted by Crippen LogP contribution is -2.24. The van der Waals surface area contributed by atoms with Crippen LogP contribution in [-0.4, -0.2) is 15.0 Å². The molecule has 1 rings (SSSR count). The number of hydrogen-bond donors (Lipinski definition) is 1. The van der Waals surface area contributed by atoms with Crippen molar-refractivity contribution in [3.63, 3.8) is 0 Å². The summed E-state index contributed by atoms with van der Waals surface area (Å²) in [5.41, 5.74) is 1.07. The molecular formula is C15H24BrNO2S. The van der Waals surface area contributed by atoms with Crippen molar-refractivity contribution < 1.29 is 8.42 Å². The number of benzene rings is 1. The van der Waals surface area contributed by atoms with Crippen LogP contribution in [0, 0.1) is 0 Å². The summed E-state index contributed by atoms with van der Waals surface area (Å²) >= 11 is 3.34.